The minimum Gasteiger partial charge on any atom is -0.375 e. The summed E-state index contributed by atoms with van der Waals surface area (Å²) >= 11 is 0. The summed E-state index contributed by atoms with van der Waals surface area (Å²) in [5, 5.41) is 6.56. The van der Waals surface area contributed by atoms with Gasteiger partial charge in [-0.1, -0.05) is 6.07 Å². The van der Waals surface area contributed by atoms with Gasteiger partial charge in [0.2, 0.25) is 5.91 Å². The van der Waals surface area contributed by atoms with Crippen LogP contribution in [0.15, 0.2) is 18.2 Å². The van der Waals surface area contributed by atoms with Gasteiger partial charge < -0.3 is 20.1 Å². The molecule has 1 aliphatic carbocycles. The molecule has 3 aliphatic rings. The summed E-state index contributed by atoms with van der Waals surface area (Å²) in [6.07, 6.45) is 3.02. The van der Waals surface area contributed by atoms with Crippen LogP contribution in [-0.2, 0) is 27.5 Å². The number of anilines is 1. The highest BCUT2D eigenvalue weighted by Crippen LogP contribution is 2.30. The van der Waals surface area contributed by atoms with Crippen LogP contribution in [0.25, 0.3) is 0 Å². The van der Waals surface area contributed by atoms with E-state index < -0.39 is 0 Å². The number of morpholine rings is 1. The zero-order chi connectivity index (χ0) is 14.9. The first-order chi connectivity index (χ1) is 10.8. The lowest BCUT2D eigenvalue weighted by Gasteiger charge is -2.39. The molecule has 2 heterocycles. The Morgan fingerprint density at radius 2 is 2.09 bits per heavy atom. The first-order valence-electron chi connectivity index (χ1n) is 8.15. The Morgan fingerprint density at radius 3 is 3.00 bits per heavy atom. The highest BCUT2D eigenvalue weighted by molar-refractivity contribution is 5.92. The monoisotopic (exact) mass is 338 g/mol. The molecule has 3 atom stereocenters. The third-order valence-corrected chi connectivity index (χ3v) is 4.99. The molecular weight excluding hydrogens is 316 g/mol. The van der Waals surface area contributed by atoms with E-state index in [1.165, 1.54) is 11.1 Å². The molecule has 2 N–H and O–H groups in total. The van der Waals surface area contributed by atoms with E-state index in [0.29, 0.717) is 19.3 Å². The largest absolute Gasteiger partial charge is 0.375 e. The molecular formula is C17H23ClN2O3. The molecule has 23 heavy (non-hydrogen) atoms. The van der Waals surface area contributed by atoms with Crippen LogP contribution in [0, 0.1) is 5.92 Å². The van der Waals surface area contributed by atoms with E-state index in [-0.39, 0.29) is 30.3 Å². The van der Waals surface area contributed by atoms with E-state index in [0.717, 1.165) is 38.1 Å². The predicted molar refractivity (Wildman–Crippen MR) is 89.7 cm³/mol. The molecule has 2 fully saturated rings. The number of halogens is 1. The quantitative estimate of drug-likeness (QED) is 0.868. The van der Waals surface area contributed by atoms with E-state index in [2.05, 4.69) is 10.6 Å². The van der Waals surface area contributed by atoms with Gasteiger partial charge in [0.1, 0.15) is 0 Å². The molecule has 6 heteroatoms. The van der Waals surface area contributed by atoms with Crippen molar-refractivity contribution < 1.29 is 14.3 Å². The summed E-state index contributed by atoms with van der Waals surface area (Å²) in [4.78, 5) is 12.5. The van der Waals surface area contributed by atoms with Gasteiger partial charge in [0.25, 0.3) is 0 Å². The van der Waals surface area contributed by atoms with Crippen LogP contribution < -0.4 is 10.6 Å². The summed E-state index contributed by atoms with van der Waals surface area (Å²) in [5.74, 6) is 0.199. The zero-order valence-electron chi connectivity index (χ0n) is 13.0. The normalized spacial score (nSPS) is 29.1. The number of benzene rings is 1. The number of fused-ring (bicyclic) bond motifs is 2. The van der Waals surface area contributed by atoms with Crippen molar-refractivity contribution in [3.05, 3.63) is 29.3 Å². The number of carbonyl (C=O) groups is 1. The second-order valence-electron chi connectivity index (χ2n) is 6.45. The molecule has 1 aromatic carbocycles. The molecule has 1 amide bonds. The highest BCUT2D eigenvalue weighted by Gasteiger charge is 2.35. The average Bonchev–Trinajstić information content (AvgIpc) is 3.02. The molecule has 0 bridgehead atoms. The minimum absolute atomic E-state index is 0. The van der Waals surface area contributed by atoms with Crippen LogP contribution in [0.3, 0.4) is 0 Å². The van der Waals surface area contributed by atoms with Crippen LogP contribution in [0.2, 0.25) is 0 Å². The minimum atomic E-state index is 0. The van der Waals surface area contributed by atoms with Crippen molar-refractivity contribution in [3.63, 3.8) is 0 Å². The van der Waals surface area contributed by atoms with Crippen LogP contribution in [0.5, 0.6) is 0 Å². The zero-order valence-corrected chi connectivity index (χ0v) is 13.9. The summed E-state index contributed by atoms with van der Waals surface area (Å²) in [6.45, 7) is 3.00. The smallest absolute Gasteiger partial charge is 0.227 e. The maximum Gasteiger partial charge on any atom is 0.227 e. The first-order valence-corrected chi connectivity index (χ1v) is 8.15. The molecule has 126 valence electrons. The summed E-state index contributed by atoms with van der Waals surface area (Å²) in [5.41, 5.74) is 3.29. The van der Waals surface area contributed by atoms with Crippen molar-refractivity contribution in [3.8, 4) is 0 Å². The Balaban J connectivity index is 0.00000156. The second-order valence-corrected chi connectivity index (χ2v) is 6.45. The van der Waals surface area contributed by atoms with Gasteiger partial charge in [-0.3, -0.25) is 4.79 Å². The fraction of sp³-hybridized carbons (Fsp3) is 0.588. The van der Waals surface area contributed by atoms with Crippen molar-refractivity contribution in [2.45, 2.75) is 44.6 Å². The number of hydrogen-bond donors (Lipinski definition) is 2. The number of ether oxygens (including phenoxy) is 2. The summed E-state index contributed by atoms with van der Waals surface area (Å²) in [6, 6.07) is 6.38. The van der Waals surface area contributed by atoms with Gasteiger partial charge in [0.15, 0.2) is 0 Å². The number of hydrogen-bond acceptors (Lipinski definition) is 4. The van der Waals surface area contributed by atoms with Gasteiger partial charge in [-0.05, 0) is 42.5 Å². The standard InChI is InChI=1S/C17H22N2O3.ClH/c20-17(11-2-4-16-15(8-11)18-5-6-22-16)19-14-3-1-12-9-21-10-13(12)7-14;/h1,3,7,11,15-16,18H,2,4-6,8-10H2,(H,19,20);1H/t11-,15+,16+;/m0./s1. The second kappa shape index (κ2) is 7.18. The molecule has 5 nitrogen and oxygen atoms in total. The summed E-state index contributed by atoms with van der Waals surface area (Å²) in [7, 11) is 0. The Bertz CT molecular complexity index is 581. The van der Waals surface area contributed by atoms with Crippen molar-refractivity contribution in [2.75, 3.05) is 18.5 Å². The van der Waals surface area contributed by atoms with Crippen LogP contribution in [0.1, 0.15) is 30.4 Å². The van der Waals surface area contributed by atoms with Crippen LogP contribution >= 0.6 is 12.4 Å². The van der Waals surface area contributed by atoms with Crippen molar-refractivity contribution in [2.24, 2.45) is 5.92 Å². The maximum atomic E-state index is 12.5. The molecule has 1 saturated carbocycles. The van der Waals surface area contributed by atoms with E-state index >= 15 is 0 Å². The van der Waals surface area contributed by atoms with Gasteiger partial charge in [-0.2, -0.15) is 0 Å². The maximum absolute atomic E-state index is 12.5. The van der Waals surface area contributed by atoms with Crippen LogP contribution in [0.4, 0.5) is 5.69 Å². The number of carbonyl (C=O) groups excluding carboxylic acids is 1. The number of nitrogens with one attached hydrogen (secondary N) is 2. The van der Waals surface area contributed by atoms with E-state index in [4.69, 9.17) is 9.47 Å². The molecule has 0 spiro atoms. The molecule has 4 rings (SSSR count). The Hall–Kier alpha value is -1.14. The van der Waals surface area contributed by atoms with Crippen LogP contribution in [-0.4, -0.2) is 31.2 Å². The molecule has 0 unspecified atom stereocenters. The Labute approximate surface area is 142 Å². The SMILES string of the molecule is Cl.O=C(Nc1ccc2c(c1)COC2)[C@H]1CC[C@H]2OCCN[C@@H]2C1. The number of rotatable bonds is 2. The average molecular weight is 339 g/mol. The predicted octanol–water partition coefficient (Wildman–Crippen LogP) is 2.23. The molecule has 1 aromatic rings. The molecule has 1 saturated heterocycles. The number of amides is 1. The van der Waals surface area contributed by atoms with Gasteiger partial charge in [0, 0.05) is 24.2 Å². The van der Waals surface area contributed by atoms with Crippen molar-refractivity contribution >= 4 is 24.0 Å². The Morgan fingerprint density at radius 1 is 1.22 bits per heavy atom. The molecule has 2 aliphatic heterocycles. The lowest BCUT2D eigenvalue weighted by molar-refractivity contribution is -0.123. The lowest BCUT2D eigenvalue weighted by Crippen LogP contribution is -2.52. The lowest BCUT2D eigenvalue weighted by atomic mass is 9.82. The van der Waals surface area contributed by atoms with Gasteiger partial charge in [-0.25, -0.2) is 0 Å². The fourth-order valence-corrected chi connectivity index (χ4v) is 3.74. The summed E-state index contributed by atoms with van der Waals surface area (Å²) < 4.78 is 11.2. The van der Waals surface area contributed by atoms with Gasteiger partial charge >= 0.3 is 0 Å². The van der Waals surface area contributed by atoms with E-state index in [9.17, 15) is 4.79 Å². The highest BCUT2D eigenvalue weighted by atomic mass is 35.5. The topological polar surface area (TPSA) is 59.6 Å². The third kappa shape index (κ3) is 3.53. The van der Waals surface area contributed by atoms with E-state index in [1.807, 2.05) is 18.2 Å². The Kier molecular flexibility index (Phi) is 5.21. The van der Waals surface area contributed by atoms with Gasteiger partial charge in [-0.15, -0.1) is 12.4 Å². The molecule has 0 aromatic heterocycles. The van der Waals surface area contributed by atoms with Crippen molar-refractivity contribution in [1.29, 1.82) is 0 Å². The van der Waals surface area contributed by atoms with Crippen molar-refractivity contribution in [1.82, 2.24) is 5.32 Å². The first kappa shape index (κ1) is 16.7. The van der Waals surface area contributed by atoms with Gasteiger partial charge in [0.05, 0.1) is 25.9 Å². The fourth-order valence-electron chi connectivity index (χ4n) is 3.74. The van der Waals surface area contributed by atoms with E-state index in [1.54, 1.807) is 0 Å². The molecule has 0 radical (unpaired) electrons. The third-order valence-electron chi connectivity index (χ3n) is 4.99.